The van der Waals surface area contributed by atoms with Crippen LogP contribution in [-0.4, -0.2) is 80.0 Å². The lowest BCUT2D eigenvalue weighted by Crippen LogP contribution is -2.49. The number of aliphatic carboxylic acids is 1. The van der Waals surface area contributed by atoms with Gasteiger partial charge in [-0.05, 0) is 42.8 Å². The lowest BCUT2D eigenvalue weighted by atomic mass is 10.1. The second kappa shape index (κ2) is 13.4. The third-order valence-electron chi connectivity index (χ3n) is 5.19. The van der Waals surface area contributed by atoms with Gasteiger partial charge in [-0.15, -0.1) is 0 Å². The predicted molar refractivity (Wildman–Crippen MR) is 135 cm³/mol. The normalized spacial score (nSPS) is 13.3. The monoisotopic (exact) mass is 514 g/mol. The van der Waals surface area contributed by atoms with Crippen LogP contribution in [0.25, 0.3) is 0 Å². The Morgan fingerprint density at radius 3 is 2.54 bits per heavy atom. The number of aromatic hydroxyl groups is 1. The van der Waals surface area contributed by atoms with Crippen molar-refractivity contribution in [1.82, 2.24) is 21.3 Å². The van der Waals surface area contributed by atoms with E-state index in [0.717, 1.165) is 25.5 Å². The first-order valence-electron chi connectivity index (χ1n) is 11.6. The fourth-order valence-electron chi connectivity index (χ4n) is 3.27. The minimum Gasteiger partial charge on any atom is -0.507 e. The van der Waals surface area contributed by atoms with Crippen LogP contribution in [0.1, 0.15) is 16.8 Å². The zero-order valence-electron chi connectivity index (χ0n) is 20.2. The summed E-state index contributed by atoms with van der Waals surface area (Å²) in [5.74, 6) is -0.721. The van der Waals surface area contributed by atoms with Crippen molar-refractivity contribution in [3.63, 3.8) is 0 Å². The van der Waals surface area contributed by atoms with E-state index in [1.165, 1.54) is 25.3 Å². The van der Waals surface area contributed by atoms with E-state index in [1.54, 1.807) is 24.3 Å². The summed E-state index contributed by atoms with van der Waals surface area (Å²) in [7, 11) is 1.51. The molecule has 0 aromatic heterocycles. The molecule has 13 nitrogen and oxygen atoms in total. The van der Waals surface area contributed by atoms with Crippen molar-refractivity contribution in [2.75, 3.05) is 45.2 Å². The Balaban J connectivity index is 1.46. The Morgan fingerprint density at radius 2 is 1.89 bits per heavy atom. The first-order valence-corrected chi connectivity index (χ1v) is 11.6. The Kier molecular flexibility index (Phi) is 9.76. The number of rotatable bonds is 11. The largest absolute Gasteiger partial charge is 0.507 e. The number of aliphatic imine (C=N–C) groups is 1. The number of methoxy groups -OCH3 is 1. The maximum Gasteiger partial charge on any atom is 0.328 e. The van der Waals surface area contributed by atoms with Gasteiger partial charge in [-0.3, -0.25) is 9.79 Å². The standard InChI is InChI=1S/C24H30N6O7/c1-36-16-5-3-15(4-6-16)29-24(35)30-19(22(33)34)14-28-21(32)18-8-7-17(13-20(18)31)37-12-11-27-23-25-9-2-10-26-23/h3-8,13,19,31H,2,9-12,14H2,1H3,(H,28,32)(H,33,34)(H2,25,26,27)(H2,29,30,35)/t19-/m0/s1. The summed E-state index contributed by atoms with van der Waals surface area (Å²) in [6.07, 6.45) is 0.994. The summed E-state index contributed by atoms with van der Waals surface area (Å²) in [6.45, 7) is 2.02. The number of anilines is 1. The number of hydrogen-bond acceptors (Lipinski definition) is 9. The van der Waals surface area contributed by atoms with E-state index >= 15 is 0 Å². The summed E-state index contributed by atoms with van der Waals surface area (Å²) < 4.78 is 10.6. The van der Waals surface area contributed by atoms with Gasteiger partial charge in [0.1, 0.15) is 29.9 Å². The van der Waals surface area contributed by atoms with Crippen molar-refractivity contribution in [3.8, 4) is 17.2 Å². The Morgan fingerprint density at radius 1 is 1.14 bits per heavy atom. The van der Waals surface area contributed by atoms with Crippen LogP contribution in [0.3, 0.4) is 0 Å². The van der Waals surface area contributed by atoms with E-state index in [-0.39, 0.29) is 11.3 Å². The number of hydrogen-bond donors (Lipinski definition) is 7. The Hall–Kier alpha value is -4.68. The van der Waals surface area contributed by atoms with Crippen molar-refractivity contribution < 1.29 is 34.1 Å². The quantitative estimate of drug-likeness (QED) is 0.212. The molecular weight excluding hydrogens is 484 g/mol. The number of nitrogens with one attached hydrogen (secondary N) is 5. The molecule has 0 saturated carbocycles. The SMILES string of the molecule is COc1ccc(NC(=O)N[C@@H](CNC(=O)c2ccc(OCCNC3=NCCCN3)cc2O)C(=O)O)cc1. The number of urea groups is 1. The molecule has 1 aliphatic rings. The van der Waals surface area contributed by atoms with Gasteiger partial charge >= 0.3 is 12.0 Å². The number of carboxylic acids is 1. The van der Waals surface area contributed by atoms with Crippen LogP contribution in [0.4, 0.5) is 10.5 Å². The van der Waals surface area contributed by atoms with Crippen molar-refractivity contribution in [2.24, 2.45) is 4.99 Å². The molecular formula is C24H30N6O7. The minimum atomic E-state index is -1.41. The number of phenols is 1. The zero-order valence-corrected chi connectivity index (χ0v) is 20.2. The summed E-state index contributed by atoms with van der Waals surface area (Å²) in [5.41, 5.74) is 0.354. The average molecular weight is 515 g/mol. The maximum atomic E-state index is 12.5. The average Bonchev–Trinajstić information content (AvgIpc) is 2.89. The molecule has 37 heavy (non-hydrogen) atoms. The molecule has 0 fully saturated rings. The predicted octanol–water partition coefficient (Wildman–Crippen LogP) is 0.723. The summed E-state index contributed by atoms with van der Waals surface area (Å²) in [4.78, 5) is 40.5. The second-order valence-corrected chi connectivity index (χ2v) is 7.89. The van der Waals surface area contributed by atoms with Crippen molar-refractivity contribution >= 4 is 29.6 Å². The lowest BCUT2D eigenvalue weighted by molar-refractivity contribution is -0.138. The number of nitrogens with zero attached hydrogens (tertiary/aromatic N) is 1. The molecule has 198 valence electrons. The van der Waals surface area contributed by atoms with Gasteiger partial charge in [-0.25, -0.2) is 9.59 Å². The van der Waals surface area contributed by atoms with Crippen LogP contribution < -0.4 is 36.1 Å². The van der Waals surface area contributed by atoms with Crippen LogP contribution in [0.5, 0.6) is 17.2 Å². The van der Waals surface area contributed by atoms with E-state index in [1.807, 2.05) is 0 Å². The molecule has 0 saturated heterocycles. The van der Waals surface area contributed by atoms with Gasteiger partial charge in [0.15, 0.2) is 5.96 Å². The fourth-order valence-corrected chi connectivity index (χ4v) is 3.27. The highest BCUT2D eigenvalue weighted by atomic mass is 16.5. The summed E-state index contributed by atoms with van der Waals surface area (Å²) in [5, 5.41) is 33.1. The van der Waals surface area contributed by atoms with Crippen molar-refractivity contribution in [1.29, 1.82) is 0 Å². The van der Waals surface area contributed by atoms with Gasteiger partial charge in [0.2, 0.25) is 0 Å². The second-order valence-electron chi connectivity index (χ2n) is 7.89. The van der Waals surface area contributed by atoms with E-state index in [2.05, 4.69) is 31.6 Å². The van der Waals surface area contributed by atoms with Gasteiger partial charge in [-0.2, -0.15) is 0 Å². The maximum absolute atomic E-state index is 12.5. The molecule has 7 N–H and O–H groups in total. The van der Waals surface area contributed by atoms with Crippen LogP contribution >= 0.6 is 0 Å². The van der Waals surface area contributed by atoms with E-state index in [0.29, 0.717) is 30.3 Å². The van der Waals surface area contributed by atoms with Gasteiger partial charge in [0.25, 0.3) is 5.91 Å². The zero-order chi connectivity index (χ0) is 26.6. The first-order chi connectivity index (χ1) is 17.9. The number of carbonyl (C=O) groups is 3. The molecule has 0 spiro atoms. The van der Waals surface area contributed by atoms with Crippen LogP contribution in [0.2, 0.25) is 0 Å². The number of carbonyl (C=O) groups excluding carboxylic acids is 2. The molecule has 2 aromatic rings. The third-order valence-corrected chi connectivity index (χ3v) is 5.19. The highest BCUT2D eigenvalue weighted by molar-refractivity contribution is 5.97. The highest BCUT2D eigenvalue weighted by Gasteiger charge is 2.22. The third kappa shape index (κ3) is 8.49. The molecule has 1 heterocycles. The highest BCUT2D eigenvalue weighted by Crippen LogP contribution is 2.23. The van der Waals surface area contributed by atoms with Crippen LogP contribution in [0.15, 0.2) is 47.5 Å². The Bertz CT molecular complexity index is 1120. The number of guanidine groups is 1. The van der Waals surface area contributed by atoms with Gasteiger partial charge in [0.05, 0.1) is 19.2 Å². The molecule has 2 aromatic carbocycles. The summed E-state index contributed by atoms with van der Waals surface area (Å²) >= 11 is 0. The molecule has 0 aliphatic carbocycles. The number of amides is 3. The molecule has 3 amide bonds. The molecule has 0 bridgehead atoms. The topological polar surface area (TPSA) is 183 Å². The van der Waals surface area contributed by atoms with E-state index in [4.69, 9.17) is 9.47 Å². The smallest absolute Gasteiger partial charge is 0.328 e. The number of ether oxygens (including phenoxy) is 2. The molecule has 1 atom stereocenters. The molecule has 0 unspecified atom stereocenters. The Labute approximate surface area is 213 Å². The van der Waals surface area contributed by atoms with Gasteiger partial charge in [0, 0.05) is 31.4 Å². The molecule has 0 radical (unpaired) electrons. The molecule has 3 rings (SSSR count). The minimum absolute atomic E-state index is 0.0712. The molecule has 13 heteroatoms. The summed E-state index contributed by atoms with van der Waals surface area (Å²) in [6, 6.07) is 8.43. The lowest BCUT2D eigenvalue weighted by Gasteiger charge is -2.17. The number of benzene rings is 2. The van der Waals surface area contributed by atoms with E-state index < -0.39 is 30.5 Å². The van der Waals surface area contributed by atoms with Gasteiger partial charge < -0.3 is 46.3 Å². The van der Waals surface area contributed by atoms with Crippen LogP contribution in [0, 0.1) is 0 Å². The van der Waals surface area contributed by atoms with Crippen molar-refractivity contribution in [3.05, 3.63) is 48.0 Å². The fraction of sp³-hybridized carbons (Fsp3) is 0.333. The van der Waals surface area contributed by atoms with Gasteiger partial charge in [-0.1, -0.05) is 0 Å². The first kappa shape index (κ1) is 26.9. The van der Waals surface area contributed by atoms with Crippen LogP contribution in [-0.2, 0) is 4.79 Å². The van der Waals surface area contributed by atoms with Crippen molar-refractivity contribution in [2.45, 2.75) is 12.5 Å². The van der Waals surface area contributed by atoms with E-state index in [9.17, 15) is 24.6 Å². The molecule has 1 aliphatic heterocycles. The number of carboxylic acid groups (broad SMARTS) is 1. The number of phenolic OH excluding ortho intramolecular Hbond substituents is 1.